The molecular weight excluding hydrogens is 316 g/mol. The van der Waals surface area contributed by atoms with Crippen molar-refractivity contribution in [2.24, 2.45) is 11.7 Å². The number of hydrogen-bond acceptors (Lipinski definition) is 2. The Morgan fingerprint density at radius 2 is 2.17 bits per heavy atom. The first kappa shape index (κ1) is 15.5. The summed E-state index contributed by atoms with van der Waals surface area (Å²) in [5, 5.41) is 3.50. The fourth-order valence-electron chi connectivity index (χ4n) is 1.43. The first-order valence-corrected chi connectivity index (χ1v) is 6.95. The molecule has 0 spiro atoms. The Labute approximate surface area is 121 Å². The van der Waals surface area contributed by atoms with Gasteiger partial charge in [-0.25, -0.2) is 0 Å². The molecule has 1 unspecified atom stereocenters. The minimum Gasteiger partial charge on any atom is -0.345 e. The predicted molar refractivity (Wildman–Crippen MR) is 78.9 cm³/mol. The van der Waals surface area contributed by atoms with Crippen molar-refractivity contribution in [1.82, 2.24) is 5.32 Å². The fraction of sp³-hybridized carbons (Fsp3) is 0.462. The molecular formula is C13H18BrClN2O. The second-order valence-electron chi connectivity index (χ2n) is 4.85. The normalized spacial score (nSPS) is 14.4. The zero-order valence-corrected chi connectivity index (χ0v) is 13.1. The van der Waals surface area contributed by atoms with E-state index in [4.69, 9.17) is 17.3 Å². The topological polar surface area (TPSA) is 55.1 Å². The third-order valence-electron chi connectivity index (χ3n) is 3.27. The SMILES string of the molecule is CC(C)C(C)(CN)NC(=O)c1cc(Cl)ccc1Br. The number of benzene rings is 1. The number of nitrogens with one attached hydrogen (secondary N) is 1. The molecule has 1 atom stereocenters. The largest absolute Gasteiger partial charge is 0.345 e. The zero-order chi connectivity index (χ0) is 13.9. The molecule has 1 rings (SSSR count). The van der Waals surface area contributed by atoms with Crippen molar-refractivity contribution in [1.29, 1.82) is 0 Å². The number of nitrogens with two attached hydrogens (primary N) is 1. The van der Waals surface area contributed by atoms with Gasteiger partial charge in [0.2, 0.25) is 0 Å². The third-order valence-corrected chi connectivity index (χ3v) is 4.20. The molecule has 1 aromatic rings. The summed E-state index contributed by atoms with van der Waals surface area (Å²) in [4.78, 5) is 12.2. The first-order chi connectivity index (χ1) is 8.30. The minimum atomic E-state index is -0.432. The Morgan fingerprint density at radius 3 is 2.67 bits per heavy atom. The van der Waals surface area contributed by atoms with Crippen LogP contribution < -0.4 is 11.1 Å². The van der Waals surface area contributed by atoms with Gasteiger partial charge in [0.25, 0.3) is 5.91 Å². The summed E-state index contributed by atoms with van der Waals surface area (Å²) in [5.41, 5.74) is 5.83. The van der Waals surface area contributed by atoms with Crippen molar-refractivity contribution in [3.63, 3.8) is 0 Å². The van der Waals surface area contributed by atoms with Crippen LogP contribution in [0.3, 0.4) is 0 Å². The Hall–Kier alpha value is -0.580. The lowest BCUT2D eigenvalue weighted by atomic mass is 9.88. The molecule has 0 bridgehead atoms. The fourth-order valence-corrected chi connectivity index (χ4v) is 2.03. The van der Waals surface area contributed by atoms with E-state index < -0.39 is 5.54 Å². The third kappa shape index (κ3) is 3.46. The monoisotopic (exact) mass is 332 g/mol. The molecule has 100 valence electrons. The molecule has 5 heteroatoms. The van der Waals surface area contributed by atoms with E-state index in [1.165, 1.54) is 0 Å². The van der Waals surface area contributed by atoms with Gasteiger partial charge >= 0.3 is 0 Å². The first-order valence-electron chi connectivity index (χ1n) is 5.78. The Bertz CT molecular complexity index is 451. The van der Waals surface area contributed by atoms with Gasteiger partial charge < -0.3 is 11.1 Å². The van der Waals surface area contributed by atoms with Gasteiger partial charge in [0, 0.05) is 16.0 Å². The van der Waals surface area contributed by atoms with Crippen molar-refractivity contribution in [3.05, 3.63) is 33.3 Å². The van der Waals surface area contributed by atoms with Gasteiger partial charge in [-0.1, -0.05) is 25.4 Å². The molecule has 0 radical (unpaired) electrons. The molecule has 0 heterocycles. The summed E-state index contributed by atoms with van der Waals surface area (Å²) in [6, 6.07) is 5.12. The average Bonchev–Trinajstić information content (AvgIpc) is 2.31. The number of rotatable bonds is 4. The molecule has 1 aromatic carbocycles. The molecule has 0 aliphatic heterocycles. The van der Waals surface area contributed by atoms with Gasteiger partial charge in [-0.05, 0) is 47.0 Å². The van der Waals surface area contributed by atoms with E-state index in [0.29, 0.717) is 21.6 Å². The van der Waals surface area contributed by atoms with Crippen LogP contribution in [0.4, 0.5) is 0 Å². The zero-order valence-electron chi connectivity index (χ0n) is 10.8. The van der Waals surface area contributed by atoms with Crippen LogP contribution in [0.5, 0.6) is 0 Å². The lowest BCUT2D eigenvalue weighted by Crippen LogP contribution is -2.55. The van der Waals surface area contributed by atoms with Crippen molar-refractivity contribution in [2.45, 2.75) is 26.3 Å². The standard InChI is InChI=1S/C13H18BrClN2O/c1-8(2)13(3,7-16)17-12(18)10-6-9(15)4-5-11(10)14/h4-6,8H,7,16H2,1-3H3,(H,17,18). The summed E-state index contributed by atoms with van der Waals surface area (Å²) < 4.78 is 0.715. The summed E-state index contributed by atoms with van der Waals surface area (Å²) in [7, 11) is 0. The molecule has 0 aliphatic carbocycles. The van der Waals surface area contributed by atoms with Crippen LogP contribution in [-0.4, -0.2) is 18.0 Å². The number of carbonyl (C=O) groups excluding carboxylic acids is 1. The van der Waals surface area contributed by atoms with Crippen molar-refractivity contribution in [3.8, 4) is 0 Å². The molecule has 0 saturated heterocycles. The molecule has 3 nitrogen and oxygen atoms in total. The highest BCUT2D eigenvalue weighted by Crippen LogP contribution is 2.23. The maximum Gasteiger partial charge on any atom is 0.252 e. The van der Waals surface area contributed by atoms with E-state index in [0.717, 1.165) is 0 Å². The van der Waals surface area contributed by atoms with Crippen LogP contribution in [0.1, 0.15) is 31.1 Å². The van der Waals surface area contributed by atoms with Gasteiger partial charge in [-0.15, -0.1) is 0 Å². The van der Waals surface area contributed by atoms with E-state index in [1.54, 1.807) is 18.2 Å². The van der Waals surface area contributed by atoms with Crippen LogP contribution in [-0.2, 0) is 0 Å². The van der Waals surface area contributed by atoms with E-state index in [2.05, 4.69) is 21.2 Å². The molecule has 3 N–H and O–H groups in total. The maximum absolute atomic E-state index is 12.2. The molecule has 1 amide bonds. The Morgan fingerprint density at radius 1 is 1.56 bits per heavy atom. The van der Waals surface area contributed by atoms with Gasteiger partial charge in [-0.2, -0.15) is 0 Å². The van der Waals surface area contributed by atoms with Gasteiger partial charge in [0.15, 0.2) is 0 Å². The summed E-state index contributed by atoms with van der Waals surface area (Å²) >= 11 is 9.25. The van der Waals surface area contributed by atoms with Crippen LogP contribution in [0.25, 0.3) is 0 Å². The van der Waals surface area contributed by atoms with Crippen LogP contribution in [0.2, 0.25) is 5.02 Å². The van der Waals surface area contributed by atoms with Crippen molar-refractivity contribution in [2.75, 3.05) is 6.54 Å². The Kier molecular flexibility index (Phi) is 5.20. The van der Waals surface area contributed by atoms with E-state index >= 15 is 0 Å². The average molecular weight is 334 g/mol. The number of carbonyl (C=O) groups is 1. The summed E-state index contributed by atoms with van der Waals surface area (Å²) in [6.45, 7) is 6.38. The summed E-state index contributed by atoms with van der Waals surface area (Å²) in [6.07, 6.45) is 0. The second kappa shape index (κ2) is 6.04. The molecule has 0 fully saturated rings. The number of amides is 1. The lowest BCUT2D eigenvalue weighted by Gasteiger charge is -2.33. The molecule has 0 aliphatic rings. The van der Waals surface area contributed by atoms with Gasteiger partial charge in [0.1, 0.15) is 0 Å². The van der Waals surface area contributed by atoms with Gasteiger partial charge in [0.05, 0.1) is 11.1 Å². The van der Waals surface area contributed by atoms with E-state index in [-0.39, 0.29) is 11.8 Å². The quantitative estimate of drug-likeness (QED) is 0.889. The Balaban J connectivity index is 2.98. The molecule has 0 aromatic heterocycles. The van der Waals surface area contributed by atoms with E-state index in [9.17, 15) is 4.79 Å². The number of hydrogen-bond donors (Lipinski definition) is 2. The predicted octanol–water partition coefficient (Wildman–Crippen LogP) is 3.21. The van der Waals surface area contributed by atoms with Crippen LogP contribution >= 0.6 is 27.5 Å². The highest BCUT2D eigenvalue weighted by atomic mass is 79.9. The van der Waals surface area contributed by atoms with E-state index in [1.807, 2.05) is 20.8 Å². The molecule has 18 heavy (non-hydrogen) atoms. The highest BCUT2D eigenvalue weighted by molar-refractivity contribution is 9.10. The highest BCUT2D eigenvalue weighted by Gasteiger charge is 2.29. The smallest absolute Gasteiger partial charge is 0.252 e. The number of halogens is 2. The summed E-state index contributed by atoms with van der Waals surface area (Å²) in [5.74, 6) is 0.0652. The maximum atomic E-state index is 12.2. The minimum absolute atomic E-state index is 0.175. The molecule has 0 saturated carbocycles. The van der Waals surface area contributed by atoms with Crippen LogP contribution in [0.15, 0.2) is 22.7 Å². The van der Waals surface area contributed by atoms with Crippen molar-refractivity contribution >= 4 is 33.4 Å². The van der Waals surface area contributed by atoms with Crippen molar-refractivity contribution < 1.29 is 4.79 Å². The second-order valence-corrected chi connectivity index (χ2v) is 6.15. The lowest BCUT2D eigenvalue weighted by molar-refractivity contribution is 0.0882. The van der Waals surface area contributed by atoms with Crippen LogP contribution in [0, 0.1) is 5.92 Å². The van der Waals surface area contributed by atoms with Gasteiger partial charge in [-0.3, -0.25) is 4.79 Å².